The minimum Gasteiger partial charge on any atom is -0.387 e. The van der Waals surface area contributed by atoms with Gasteiger partial charge in [0.1, 0.15) is 0 Å². The number of aliphatic hydroxyl groups excluding tert-OH is 1. The van der Waals surface area contributed by atoms with Crippen molar-refractivity contribution < 1.29 is 26.7 Å². The van der Waals surface area contributed by atoms with Gasteiger partial charge in [0.15, 0.2) is 0 Å². The first-order chi connectivity index (χ1) is 12.7. The van der Waals surface area contributed by atoms with Gasteiger partial charge < -0.3 is 5.11 Å². The number of sulfonamides is 1. The Morgan fingerprint density at radius 1 is 1.00 bits per heavy atom. The van der Waals surface area contributed by atoms with Gasteiger partial charge in [-0.15, -0.1) is 0 Å². The second-order valence-corrected chi connectivity index (χ2v) is 8.39. The van der Waals surface area contributed by atoms with E-state index in [0.717, 1.165) is 61.1 Å². The second-order valence-electron chi connectivity index (χ2n) is 6.63. The number of halogens is 3. The molecule has 27 heavy (non-hydrogen) atoms. The summed E-state index contributed by atoms with van der Waals surface area (Å²) in [6, 6.07) is 9.00. The third kappa shape index (κ3) is 4.69. The van der Waals surface area contributed by atoms with E-state index in [1.54, 1.807) is 6.07 Å². The Morgan fingerprint density at radius 2 is 1.63 bits per heavy atom. The molecule has 0 saturated heterocycles. The summed E-state index contributed by atoms with van der Waals surface area (Å²) in [6.07, 6.45) is -1.81. The third-order valence-electron chi connectivity index (χ3n) is 4.72. The van der Waals surface area contributed by atoms with Gasteiger partial charge in [-0.05, 0) is 66.6 Å². The topological polar surface area (TPSA) is 66.4 Å². The van der Waals surface area contributed by atoms with E-state index in [9.17, 15) is 26.7 Å². The van der Waals surface area contributed by atoms with Crippen LogP contribution in [-0.2, 0) is 29.0 Å². The normalized spacial score (nSPS) is 16.0. The summed E-state index contributed by atoms with van der Waals surface area (Å²) in [5.74, 6) is 0. The van der Waals surface area contributed by atoms with E-state index in [0.29, 0.717) is 0 Å². The molecule has 0 spiro atoms. The number of rotatable bonds is 5. The Kier molecular flexibility index (Phi) is 5.60. The Balaban J connectivity index is 1.68. The van der Waals surface area contributed by atoms with Crippen molar-refractivity contribution >= 4 is 10.0 Å². The monoisotopic (exact) mass is 399 g/mol. The van der Waals surface area contributed by atoms with Crippen LogP contribution in [0.25, 0.3) is 0 Å². The maximum absolute atomic E-state index is 12.6. The highest BCUT2D eigenvalue weighted by molar-refractivity contribution is 7.89. The lowest BCUT2D eigenvalue weighted by molar-refractivity contribution is -0.137. The second kappa shape index (κ2) is 7.61. The molecule has 1 aliphatic carbocycles. The van der Waals surface area contributed by atoms with Crippen molar-refractivity contribution in [3.05, 3.63) is 64.7 Å². The molecule has 0 aromatic heterocycles. The minimum atomic E-state index is -4.46. The van der Waals surface area contributed by atoms with E-state index in [2.05, 4.69) is 4.72 Å². The van der Waals surface area contributed by atoms with Crippen LogP contribution in [0.2, 0.25) is 0 Å². The summed E-state index contributed by atoms with van der Waals surface area (Å²) < 4.78 is 65.0. The predicted octanol–water partition coefficient (Wildman–Crippen LogP) is 3.60. The number of alkyl halides is 3. The van der Waals surface area contributed by atoms with E-state index in [1.807, 2.05) is 6.07 Å². The highest BCUT2D eigenvalue weighted by Gasteiger charge is 2.30. The Morgan fingerprint density at radius 3 is 2.26 bits per heavy atom. The summed E-state index contributed by atoms with van der Waals surface area (Å²) in [5.41, 5.74) is 1.56. The van der Waals surface area contributed by atoms with E-state index < -0.39 is 27.9 Å². The fraction of sp³-hybridized carbons (Fsp3) is 0.368. The lowest BCUT2D eigenvalue weighted by atomic mass is 9.92. The van der Waals surface area contributed by atoms with E-state index in [4.69, 9.17) is 0 Å². The van der Waals surface area contributed by atoms with Crippen molar-refractivity contribution in [3.63, 3.8) is 0 Å². The van der Waals surface area contributed by atoms with Gasteiger partial charge in [-0.25, -0.2) is 13.1 Å². The van der Waals surface area contributed by atoms with Crippen LogP contribution in [-0.4, -0.2) is 20.1 Å². The molecular formula is C19H20F3NO3S. The molecule has 2 aromatic carbocycles. The fourth-order valence-electron chi connectivity index (χ4n) is 3.16. The molecule has 146 valence electrons. The maximum atomic E-state index is 12.6. The quantitative estimate of drug-likeness (QED) is 0.808. The SMILES string of the molecule is O=S(=O)(NC[C@@H](O)c1ccc(C(F)(F)F)cc1)c1ccc2c(c1)CCCC2. The van der Waals surface area contributed by atoms with Crippen LogP contribution in [0.4, 0.5) is 13.2 Å². The Hall–Kier alpha value is -1.90. The van der Waals surface area contributed by atoms with Gasteiger partial charge in [0.2, 0.25) is 10.0 Å². The minimum absolute atomic E-state index is 0.128. The zero-order valence-corrected chi connectivity index (χ0v) is 15.3. The number of fused-ring (bicyclic) bond motifs is 1. The molecule has 0 bridgehead atoms. The zero-order valence-electron chi connectivity index (χ0n) is 14.5. The summed E-state index contributed by atoms with van der Waals surface area (Å²) in [7, 11) is -3.82. The number of hydrogen-bond acceptors (Lipinski definition) is 3. The zero-order chi connectivity index (χ0) is 19.7. The first-order valence-corrected chi connectivity index (χ1v) is 10.1. The molecule has 0 radical (unpaired) electrons. The van der Waals surface area contributed by atoms with Gasteiger partial charge in [0.25, 0.3) is 0 Å². The van der Waals surface area contributed by atoms with Crippen molar-refractivity contribution in [2.45, 2.75) is 42.9 Å². The average Bonchev–Trinajstić information content (AvgIpc) is 2.65. The lowest BCUT2D eigenvalue weighted by Gasteiger charge is -2.17. The number of aliphatic hydroxyl groups is 1. The summed E-state index contributed by atoms with van der Waals surface area (Å²) in [5, 5.41) is 10.1. The molecule has 0 saturated carbocycles. The highest BCUT2D eigenvalue weighted by atomic mass is 32.2. The highest BCUT2D eigenvalue weighted by Crippen LogP contribution is 2.30. The van der Waals surface area contributed by atoms with Crippen molar-refractivity contribution in [3.8, 4) is 0 Å². The van der Waals surface area contributed by atoms with Crippen LogP contribution in [0.5, 0.6) is 0 Å². The molecule has 0 unspecified atom stereocenters. The third-order valence-corrected chi connectivity index (χ3v) is 6.14. The number of hydrogen-bond donors (Lipinski definition) is 2. The largest absolute Gasteiger partial charge is 0.416 e. The number of nitrogens with one attached hydrogen (secondary N) is 1. The molecule has 4 nitrogen and oxygen atoms in total. The standard InChI is InChI=1S/C19H20F3NO3S/c20-19(21,22)16-8-5-14(6-9-16)18(24)12-23-27(25,26)17-10-7-13-3-1-2-4-15(13)11-17/h5-11,18,23-24H,1-4,12H2/t18-/m1/s1. The van der Waals surface area contributed by atoms with Crippen molar-refractivity contribution in [2.75, 3.05) is 6.54 Å². The van der Waals surface area contributed by atoms with Crippen LogP contribution in [0.3, 0.4) is 0 Å². The van der Waals surface area contributed by atoms with E-state index in [1.165, 1.54) is 6.07 Å². The fourth-order valence-corrected chi connectivity index (χ4v) is 4.25. The van der Waals surface area contributed by atoms with Gasteiger partial charge in [0, 0.05) is 6.54 Å². The van der Waals surface area contributed by atoms with Crippen molar-refractivity contribution in [1.29, 1.82) is 0 Å². The van der Waals surface area contributed by atoms with Crippen molar-refractivity contribution in [1.82, 2.24) is 4.72 Å². The van der Waals surface area contributed by atoms with Gasteiger partial charge in [-0.3, -0.25) is 0 Å². The predicted molar refractivity (Wildman–Crippen MR) is 94.7 cm³/mol. The van der Waals surface area contributed by atoms with Crippen LogP contribution in [0.15, 0.2) is 47.4 Å². The first-order valence-electron chi connectivity index (χ1n) is 8.63. The maximum Gasteiger partial charge on any atom is 0.416 e. The molecule has 0 fully saturated rings. The van der Waals surface area contributed by atoms with Crippen LogP contribution in [0, 0.1) is 0 Å². The average molecular weight is 399 g/mol. The van der Waals surface area contributed by atoms with E-state index in [-0.39, 0.29) is 17.0 Å². The van der Waals surface area contributed by atoms with Gasteiger partial charge in [-0.2, -0.15) is 13.2 Å². The Labute approximate surface area is 156 Å². The van der Waals surface area contributed by atoms with Crippen LogP contribution in [0.1, 0.15) is 41.2 Å². The smallest absolute Gasteiger partial charge is 0.387 e. The molecule has 0 amide bonds. The summed E-state index contributed by atoms with van der Waals surface area (Å²) in [6.45, 7) is -0.329. The summed E-state index contributed by atoms with van der Waals surface area (Å²) >= 11 is 0. The van der Waals surface area contributed by atoms with Gasteiger partial charge in [0.05, 0.1) is 16.6 Å². The Bertz CT molecular complexity index is 909. The number of benzene rings is 2. The molecule has 2 aromatic rings. The molecule has 3 rings (SSSR count). The van der Waals surface area contributed by atoms with Gasteiger partial charge >= 0.3 is 6.18 Å². The molecule has 0 aliphatic heterocycles. The van der Waals surface area contributed by atoms with Gasteiger partial charge in [-0.1, -0.05) is 18.2 Å². The molecule has 2 N–H and O–H groups in total. The lowest BCUT2D eigenvalue weighted by Crippen LogP contribution is -2.28. The first kappa shape index (κ1) is 19.9. The molecule has 1 aliphatic rings. The molecule has 1 atom stereocenters. The molecule has 0 heterocycles. The molecule has 8 heteroatoms. The number of aryl methyl sites for hydroxylation is 2. The van der Waals surface area contributed by atoms with Crippen LogP contribution < -0.4 is 4.72 Å². The molecular weight excluding hydrogens is 379 g/mol. The van der Waals surface area contributed by atoms with Crippen molar-refractivity contribution in [2.24, 2.45) is 0 Å². The van der Waals surface area contributed by atoms with E-state index >= 15 is 0 Å². The van der Waals surface area contributed by atoms with Crippen LogP contribution >= 0.6 is 0 Å². The summed E-state index contributed by atoms with van der Waals surface area (Å²) in [4.78, 5) is 0.128.